The predicted molar refractivity (Wildman–Crippen MR) is 76.9 cm³/mol. The van der Waals surface area contributed by atoms with Crippen molar-refractivity contribution in [3.63, 3.8) is 0 Å². The van der Waals surface area contributed by atoms with Crippen molar-refractivity contribution < 1.29 is 4.74 Å². The highest BCUT2D eigenvalue weighted by molar-refractivity contribution is 5.28. The molecule has 1 aliphatic rings. The first-order chi connectivity index (χ1) is 8.62. The van der Waals surface area contributed by atoms with Crippen LogP contribution in [0.25, 0.3) is 0 Å². The highest BCUT2D eigenvalue weighted by Gasteiger charge is 2.46. The molecular formula is C17H26O. The van der Waals surface area contributed by atoms with Gasteiger partial charge in [-0.1, -0.05) is 57.0 Å². The Bertz CT molecular complexity index is 364. The zero-order valence-electron chi connectivity index (χ0n) is 12.0. The average molecular weight is 246 g/mol. The largest absolute Gasteiger partial charge is 0.385 e. The van der Waals surface area contributed by atoms with E-state index in [9.17, 15) is 0 Å². The number of methoxy groups -OCH3 is 1. The molecule has 1 nitrogen and oxygen atoms in total. The van der Waals surface area contributed by atoms with Gasteiger partial charge in [-0.25, -0.2) is 0 Å². The lowest BCUT2D eigenvalue weighted by atomic mass is 9.59. The van der Waals surface area contributed by atoms with Gasteiger partial charge in [-0.05, 0) is 30.2 Å². The molecule has 0 N–H and O–H groups in total. The molecule has 2 rings (SSSR count). The van der Waals surface area contributed by atoms with E-state index in [0.29, 0.717) is 5.41 Å². The predicted octanol–water partition coefficient (Wildman–Crippen LogP) is 4.56. The van der Waals surface area contributed by atoms with Gasteiger partial charge >= 0.3 is 0 Å². The van der Waals surface area contributed by atoms with E-state index in [-0.39, 0.29) is 5.41 Å². The van der Waals surface area contributed by atoms with Gasteiger partial charge in [0.25, 0.3) is 0 Å². The molecular weight excluding hydrogens is 220 g/mol. The zero-order valence-corrected chi connectivity index (χ0v) is 12.0. The van der Waals surface area contributed by atoms with E-state index in [0.717, 1.165) is 13.0 Å². The van der Waals surface area contributed by atoms with Crippen LogP contribution in [0.2, 0.25) is 0 Å². The van der Waals surface area contributed by atoms with Crippen molar-refractivity contribution in [1.29, 1.82) is 0 Å². The van der Waals surface area contributed by atoms with Gasteiger partial charge in [0, 0.05) is 19.1 Å². The summed E-state index contributed by atoms with van der Waals surface area (Å²) in [6.45, 7) is 5.76. The molecule has 18 heavy (non-hydrogen) atoms. The average Bonchev–Trinajstić information content (AvgIpc) is 2.85. The summed E-state index contributed by atoms with van der Waals surface area (Å²) >= 11 is 0. The third-order valence-electron chi connectivity index (χ3n) is 5.26. The zero-order chi connectivity index (χ0) is 13.1. The van der Waals surface area contributed by atoms with Crippen LogP contribution in [-0.2, 0) is 10.2 Å². The minimum absolute atomic E-state index is 0.237. The van der Waals surface area contributed by atoms with Crippen molar-refractivity contribution in [3.8, 4) is 0 Å². The number of hydrogen-bond donors (Lipinski definition) is 0. The first-order valence-corrected chi connectivity index (χ1v) is 7.17. The van der Waals surface area contributed by atoms with Crippen LogP contribution < -0.4 is 0 Å². The molecule has 1 fully saturated rings. The summed E-state index contributed by atoms with van der Waals surface area (Å²) in [5.41, 5.74) is 2.14. The van der Waals surface area contributed by atoms with Gasteiger partial charge in [-0.15, -0.1) is 0 Å². The molecule has 0 aliphatic heterocycles. The fourth-order valence-corrected chi connectivity index (χ4v) is 3.61. The number of benzene rings is 1. The van der Waals surface area contributed by atoms with E-state index in [1.165, 1.54) is 31.2 Å². The maximum Gasteiger partial charge on any atom is 0.0470 e. The van der Waals surface area contributed by atoms with Gasteiger partial charge in [0.15, 0.2) is 0 Å². The molecule has 1 heteroatoms. The molecule has 100 valence electrons. The van der Waals surface area contributed by atoms with Crippen LogP contribution in [0.5, 0.6) is 0 Å². The van der Waals surface area contributed by atoms with Crippen molar-refractivity contribution in [2.75, 3.05) is 13.7 Å². The number of hydrogen-bond acceptors (Lipinski definition) is 1. The van der Waals surface area contributed by atoms with Crippen LogP contribution in [0.15, 0.2) is 30.3 Å². The van der Waals surface area contributed by atoms with Gasteiger partial charge in [0.1, 0.15) is 0 Å². The minimum atomic E-state index is 0.237. The molecule has 1 unspecified atom stereocenters. The highest BCUT2D eigenvalue weighted by atomic mass is 16.5. The molecule has 1 atom stereocenters. The fraction of sp³-hybridized carbons (Fsp3) is 0.647. The Kier molecular flexibility index (Phi) is 4.11. The summed E-state index contributed by atoms with van der Waals surface area (Å²) in [5, 5.41) is 0. The minimum Gasteiger partial charge on any atom is -0.385 e. The second-order valence-corrected chi connectivity index (χ2v) is 6.21. The summed E-state index contributed by atoms with van der Waals surface area (Å²) in [6.07, 6.45) is 6.58. The van der Waals surface area contributed by atoms with Gasteiger partial charge in [0.05, 0.1) is 0 Å². The van der Waals surface area contributed by atoms with E-state index in [1.54, 1.807) is 0 Å². The Morgan fingerprint density at radius 1 is 1.17 bits per heavy atom. The Balaban J connectivity index is 2.34. The number of rotatable bonds is 5. The van der Waals surface area contributed by atoms with Crippen LogP contribution in [0, 0.1) is 5.41 Å². The van der Waals surface area contributed by atoms with Crippen molar-refractivity contribution in [3.05, 3.63) is 35.9 Å². The molecule has 0 amide bonds. The van der Waals surface area contributed by atoms with Crippen molar-refractivity contribution in [2.24, 2.45) is 5.41 Å². The van der Waals surface area contributed by atoms with Gasteiger partial charge in [0.2, 0.25) is 0 Å². The quantitative estimate of drug-likeness (QED) is 0.740. The summed E-state index contributed by atoms with van der Waals surface area (Å²) in [5.74, 6) is 0. The second kappa shape index (κ2) is 5.44. The summed E-state index contributed by atoms with van der Waals surface area (Å²) in [7, 11) is 1.81. The third kappa shape index (κ3) is 2.33. The molecule has 0 saturated heterocycles. The van der Waals surface area contributed by atoms with Crippen molar-refractivity contribution in [2.45, 2.75) is 51.4 Å². The normalized spacial score (nSPS) is 21.7. The molecule has 0 radical (unpaired) electrons. The molecule has 0 bridgehead atoms. The van der Waals surface area contributed by atoms with Crippen LogP contribution >= 0.6 is 0 Å². The van der Waals surface area contributed by atoms with Crippen LogP contribution in [0.4, 0.5) is 0 Å². The SMILES string of the molecule is COCCC(C)(c1ccccc1)C1(C)CCCC1. The monoisotopic (exact) mass is 246 g/mol. The lowest BCUT2D eigenvalue weighted by Gasteiger charge is -2.45. The highest BCUT2D eigenvalue weighted by Crippen LogP contribution is 2.54. The van der Waals surface area contributed by atoms with Crippen LogP contribution in [0.1, 0.15) is 51.5 Å². The fourth-order valence-electron chi connectivity index (χ4n) is 3.61. The van der Waals surface area contributed by atoms with E-state index >= 15 is 0 Å². The van der Waals surface area contributed by atoms with Crippen molar-refractivity contribution in [1.82, 2.24) is 0 Å². The lowest BCUT2D eigenvalue weighted by molar-refractivity contribution is 0.0979. The first kappa shape index (κ1) is 13.6. The summed E-state index contributed by atoms with van der Waals surface area (Å²) in [4.78, 5) is 0. The summed E-state index contributed by atoms with van der Waals surface area (Å²) in [6, 6.07) is 11.0. The first-order valence-electron chi connectivity index (χ1n) is 7.17. The lowest BCUT2D eigenvalue weighted by Crippen LogP contribution is -2.40. The van der Waals surface area contributed by atoms with Crippen LogP contribution in [0.3, 0.4) is 0 Å². The summed E-state index contributed by atoms with van der Waals surface area (Å²) < 4.78 is 5.36. The van der Waals surface area contributed by atoms with E-state index < -0.39 is 0 Å². The maximum atomic E-state index is 5.36. The Labute approximate surface area is 112 Å². The molecule has 1 aromatic carbocycles. The van der Waals surface area contributed by atoms with Gasteiger partial charge in [-0.3, -0.25) is 0 Å². The van der Waals surface area contributed by atoms with E-state index in [4.69, 9.17) is 4.74 Å². The molecule has 1 aromatic rings. The second-order valence-electron chi connectivity index (χ2n) is 6.21. The molecule has 0 heterocycles. The maximum absolute atomic E-state index is 5.36. The molecule has 0 aromatic heterocycles. The van der Waals surface area contributed by atoms with Gasteiger partial charge in [-0.2, -0.15) is 0 Å². The van der Waals surface area contributed by atoms with Crippen LogP contribution in [-0.4, -0.2) is 13.7 Å². The third-order valence-corrected chi connectivity index (χ3v) is 5.26. The van der Waals surface area contributed by atoms with E-state index in [2.05, 4.69) is 44.2 Å². The molecule has 1 aliphatic carbocycles. The Morgan fingerprint density at radius 3 is 2.33 bits per heavy atom. The smallest absolute Gasteiger partial charge is 0.0470 e. The molecule has 0 spiro atoms. The molecule has 1 saturated carbocycles. The van der Waals surface area contributed by atoms with E-state index in [1.807, 2.05) is 7.11 Å². The standard InChI is InChI=1S/C17H26O/c1-16(11-7-8-12-16)17(2,13-14-18-3)15-9-5-4-6-10-15/h4-6,9-10H,7-8,11-14H2,1-3H3. The van der Waals surface area contributed by atoms with Gasteiger partial charge < -0.3 is 4.74 Å². The Hall–Kier alpha value is -0.820. The topological polar surface area (TPSA) is 9.23 Å². The van der Waals surface area contributed by atoms with Crippen molar-refractivity contribution >= 4 is 0 Å². The Morgan fingerprint density at radius 2 is 1.78 bits per heavy atom. The number of ether oxygens (including phenoxy) is 1.